The minimum absolute atomic E-state index is 0.0515. The first kappa shape index (κ1) is 16.1. The van der Waals surface area contributed by atoms with Gasteiger partial charge in [0.15, 0.2) is 0 Å². The molecule has 1 aliphatic rings. The Morgan fingerprint density at radius 1 is 1.36 bits per heavy atom. The van der Waals surface area contributed by atoms with Gasteiger partial charge in [0.05, 0.1) is 0 Å². The molecule has 1 unspecified atom stereocenters. The van der Waals surface area contributed by atoms with Gasteiger partial charge in [-0.1, -0.05) is 31.6 Å². The summed E-state index contributed by atoms with van der Waals surface area (Å²) in [5.41, 5.74) is 1.25. The van der Waals surface area contributed by atoms with Crippen LogP contribution in [-0.4, -0.2) is 22.3 Å². The van der Waals surface area contributed by atoms with Crippen LogP contribution in [0.25, 0.3) is 0 Å². The highest BCUT2D eigenvalue weighted by Crippen LogP contribution is 2.38. The summed E-state index contributed by atoms with van der Waals surface area (Å²) in [5, 5.41) is 20.4. The molecule has 0 aliphatic carbocycles. The molecule has 0 bridgehead atoms. The van der Waals surface area contributed by atoms with E-state index in [0.29, 0.717) is 24.0 Å². The maximum atomic E-state index is 12.2. The van der Waals surface area contributed by atoms with E-state index in [0.717, 1.165) is 12.8 Å². The molecule has 0 saturated carbocycles. The number of phenols is 2. The number of unbranched alkanes of at least 4 members (excludes halogenated alkanes) is 1. The predicted octanol–water partition coefficient (Wildman–Crippen LogP) is 3.65. The number of ether oxygens (including phenoxy) is 1. The monoisotopic (exact) mass is 302 g/mol. The van der Waals surface area contributed by atoms with E-state index in [9.17, 15) is 15.0 Å². The molecule has 0 radical (unpaired) electrons. The van der Waals surface area contributed by atoms with Crippen LogP contribution >= 0.6 is 0 Å². The second kappa shape index (κ2) is 7.16. The zero-order chi connectivity index (χ0) is 16.1. The third kappa shape index (κ3) is 3.32. The number of allylic oxidation sites excluding steroid dienone is 3. The van der Waals surface area contributed by atoms with Crippen LogP contribution in [0.3, 0.4) is 0 Å². The van der Waals surface area contributed by atoms with Gasteiger partial charge in [-0.3, -0.25) is 0 Å². The first-order chi connectivity index (χ1) is 10.6. The molecule has 1 aromatic carbocycles. The van der Waals surface area contributed by atoms with Gasteiger partial charge >= 0.3 is 5.97 Å². The van der Waals surface area contributed by atoms with Crippen LogP contribution in [0.1, 0.15) is 48.2 Å². The summed E-state index contributed by atoms with van der Waals surface area (Å²) in [6.07, 6.45) is 9.74. The van der Waals surface area contributed by atoms with Crippen molar-refractivity contribution in [1.82, 2.24) is 0 Å². The van der Waals surface area contributed by atoms with E-state index in [1.807, 2.05) is 32.1 Å². The third-order valence-corrected chi connectivity index (χ3v) is 3.76. The van der Waals surface area contributed by atoms with Crippen molar-refractivity contribution in [1.29, 1.82) is 0 Å². The van der Waals surface area contributed by atoms with Crippen LogP contribution in [-0.2, 0) is 17.6 Å². The van der Waals surface area contributed by atoms with Gasteiger partial charge < -0.3 is 14.9 Å². The Hall–Kier alpha value is -2.23. The Labute approximate surface area is 130 Å². The number of hydrogen-bond acceptors (Lipinski definition) is 4. The third-order valence-electron chi connectivity index (χ3n) is 3.76. The van der Waals surface area contributed by atoms with E-state index in [1.54, 1.807) is 12.1 Å². The second-order valence-electron chi connectivity index (χ2n) is 5.42. The molecule has 1 heterocycles. The molecule has 118 valence electrons. The van der Waals surface area contributed by atoms with Gasteiger partial charge in [-0.15, -0.1) is 0 Å². The maximum Gasteiger partial charge on any atom is 0.342 e. The Balaban J connectivity index is 2.33. The van der Waals surface area contributed by atoms with E-state index in [2.05, 4.69) is 0 Å². The van der Waals surface area contributed by atoms with Gasteiger partial charge in [0.1, 0.15) is 23.2 Å². The molecule has 0 aromatic heterocycles. The van der Waals surface area contributed by atoms with Crippen molar-refractivity contribution >= 4 is 5.97 Å². The van der Waals surface area contributed by atoms with Crippen molar-refractivity contribution in [3.8, 4) is 11.5 Å². The van der Waals surface area contributed by atoms with Crippen molar-refractivity contribution in [2.24, 2.45) is 0 Å². The van der Waals surface area contributed by atoms with Crippen LogP contribution < -0.4 is 0 Å². The van der Waals surface area contributed by atoms with Crippen molar-refractivity contribution in [3.05, 3.63) is 47.1 Å². The predicted molar refractivity (Wildman–Crippen MR) is 85.2 cm³/mol. The van der Waals surface area contributed by atoms with E-state index < -0.39 is 5.97 Å². The summed E-state index contributed by atoms with van der Waals surface area (Å²) in [6.45, 7) is 3.93. The Kier molecular flexibility index (Phi) is 5.26. The summed E-state index contributed by atoms with van der Waals surface area (Å²) in [7, 11) is 0. The highest BCUT2D eigenvalue weighted by molar-refractivity contribution is 5.96. The molecule has 2 N–H and O–H groups in total. The lowest BCUT2D eigenvalue weighted by molar-refractivity contribution is 0.0353. The molecule has 4 heteroatoms. The standard InChI is InChI=1S/C18H22O4/c1-3-5-7-8-13-10-12-11-15(19)14(9-6-4-2)17(20)16(12)18(21)22-13/h3,5,7-8,11,13,19-20H,4,6,9-10H2,1-2H3. The van der Waals surface area contributed by atoms with Crippen molar-refractivity contribution in [2.75, 3.05) is 0 Å². The molecule has 0 saturated heterocycles. The topological polar surface area (TPSA) is 66.8 Å². The zero-order valence-corrected chi connectivity index (χ0v) is 13.0. The number of phenolic OH excluding ortho intramolecular Hbond substituents is 2. The second-order valence-corrected chi connectivity index (χ2v) is 5.42. The number of cyclic esters (lactones) is 1. The smallest absolute Gasteiger partial charge is 0.342 e. The summed E-state index contributed by atoms with van der Waals surface area (Å²) >= 11 is 0. The van der Waals surface area contributed by atoms with Crippen LogP contribution in [0.5, 0.6) is 11.5 Å². The molecule has 22 heavy (non-hydrogen) atoms. The number of aromatic hydroxyl groups is 2. The Morgan fingerprint density at radius 2 is 2.14 bits per heavy atom. The molecular formula is C18H22O4. The SMILES string of the molecule is CC=CC=CC1Cc2cc(O)c(CCCC)c(O)c2C(=O)O1. The molecule has 1 aromatic rings. The lowest BCUT2D eigenvalue weighted by Gasteiger charge is -2.24. The molecular weight excluding hydrogens is 280 g/mol. The van der Waals surface area contributed by atoms with Gasteiger partial charge in [-0.2, -0.15) is 0 Å². The lowest BCUT2D eigenvalue weighted by Crippen LogP contribution is -2.26. The fourth-order valence-corrected chi connectivity index (χ4v) is 2.60. The quantitative estimate of drug-likeness (QED) is 0.643. The number of benzene rings is 1. The minimum Gasteiger partial charge on any atom is -0.508 e. The number of carbonyl (C=O) groups is 1. The van der Waals surface area contributed by atoms with Crippen molar-refractivity contribution in [3.63, 3.8) is 0 Å². The Morgan fingerprint density at radius 3 is 2.82 bits per heavy atom. The van der Waals surface area contributed by atoms with Gasteiger partial charge in [0.25, 0.3) is 0 Å². The van der Waals surface area contributed by atoms with E-state index >= 15 is 0 Å². The van der Waals surface area contributed by atoms with Crippen LogP contribution in [0, 0.1) is 0 Å². The van der Waals surface area contributed by atoms with Crippen LogP contribution in [0.2, 0.25) is 0 Å². The largest absolute Gasteiger partial charge is 0.508 e. The van der Waals surface area contributed by atoms with Gasteiger partial charge in [-0.05, 0) is 37.5 Å². The number of rotatable bonds is 5. The normalized spacial score (nSPS) is 17.9. The number of fused-ring (bicyclic) bond motifs is 1. The van der Waals surface area contributed by atoms with Gasteiger partial charge in [-0.25, -0.2) is 4.79 Å². The highest BCUT2D eigenvalue weighted by atomic mass is 16.5. The Bertz CT molecular complexity index is 614. The van der Waals surface area contributed by atoms with E-state index in [1.165, 1.54) is 0 Å². The number of hydrogen-bond donors (Lipinski definition) is 2. The van der Waals surface area contributed by atoms with E-state index in [4.69, 9.17) is 4.74 Å². The van der Waals surface area contributed by atoms with Gasteiger partial charge in [0, 0.05) is 12.0 Å². The zero-order valence-electron chi connectivity index (χ0n) is 13.0. The highest BCUT2D eigenvalue weighted by Gasteiger charge is 2.30. The van der Waals surface area contributed by atoms with Crippen molar-refractivity contribution < 1.29 is 19.7 Å². The molecule has 4 nitrogen and oxygen atoms in total. The summed E-state index contributed by atoms with van der Waals surface area (Å²) < 4.78 is 5.34. The summed E-state index contributed by atoms with van der Waals surface area (Å²) in [5.74, 6) is -0.619. The molecule has 1 aliphatic heterocycles. The van der Waals surface area contributed by atoms with E-state index in [-0.39, 0.29) is 23.2 Å². The fraction of sp³-hybridized carbons (Fsp3) is 0.389. The molecule has 0 spiro atoms. The average Bonchev–Trinajstić information content (AvgIpc) is 2.46. The fourth-order valence-electron chi connectivity index (χ4n) is 2.60. The average molecular weight is 302 g/mol. The summed E-state index contributed by atoms with van der Waals surface area (Å²) in [4.78, 5) is 12.2. The molecule has 1 atom stereocenters. The van der Waals surface area contributed by atoms with Crippen molar-refractivity contribution in [2.45, 2.75) is 45.6 Å². The molecule has 2 rings (SSSR count). The van der Waals surface area contributed by atoms with Gasteiger partial charge in [0.2, 0.25) is 0 Å². The number of carbonyl (C=O) groups excluding carboxylic acids is 1. The maximum absolute atomic E-state index is 12.2. The first-order valence-electron chi connectivity index (χ1n) is 7.65. The first-order valence-corrected chi connectivity index (χ1v) is 7.65. The number of esters is 1. The molecule has 0 fully saturated rings. The lowest BCUT2D eigenvalue weighted by atomic mass is 9.92. The minimum atomic E-state index is -0.536. The van der Waals surface area contributed by atoms with Crippen LogP contribution in [0.4, 0.5) is 0 Å². The van der Waals surface area contributed by atoms with Crippen LogP contribution in [0.15, 0.2) is 30.4 Å². The summed E-state index contributed by atoms with van der Waals surface area (Å²) in [6, 6.07) is 1.58. The molecule has 0 amide bonds.